The zero-order valence-corrected chi connectivity index (χ0v) is 10.4. The van der Waals surface area contributed by atoms with Gasteiger partial charge >= 0.3 is 0 Å². The van der Waals surface area contributed by atoms with Gasteiger partial charge < -0.3 is 10.6 Å². The van der Waals surface area contributed by atoms with Gasteiger partial charge in [0.05, 0.1) is 5.41 Å². The molecule has 1 spiro atoms. The lowest BCUT2D eigenvalue weighted by Crippen LogP contribution is -2.37. The fourth-order valence-electron chi connectivity index (χ4n) is 3.07. The summed E-state index contributed by atoms with van der Waals surface area (Å²) < 4.78 is 0. The second-order valence-electron chi connectivity index (χ2n) is 4.76. The van der Waals surface area contributed by atoms with Crippen molar-refractivity contribution in [2.45, 2.75) is 12.3 Å². The molecule has 92 valence electrons. The molecular weight excluding hydrogens is 236 g/mol. The van der Waals surface area contributed by atoms with Gasteiger partial charge in [-0.3, -0.25) is 4.79 Å². The SMILES string of the molecule is Cl.O=C1NCC[C@]12CNC[C@H]2c1ccccc1. The standard InChI is InChI=1S/C13H16N2O.ClH/c16-12-13(6-7-15-12)9-14-8-11(13)10-4-2-1-3-5-10;/h1-5,11,14H,6-9H2,(H,15,16);1H/t11-,13+;/m0./s1. The molecule has 1 aromatic carbocycles. The van der Waals surface area contributed by atoms with Gasteiger partial charge in [0.2, 0.25) is 5.91 Å². The van der Waals surface area contributed by atoms with Crippen LogP contribution >= 0.6 is 12.4 Å². The highest BCUT2D eigenvalue weighted by atomic mass is 35.5. The smallest absolute Gasteiger partial charge is 0.228 e. The van der Waals surface area contributed by atoms with Crippen LogP contribution in [0.4, 0.5) is 0 Å². The van der Waals surface area contributed by atoms with E-state index in [2.05, 4.69) is 22.8 Å². The van der Waals surface area contributed by atoms with Gasteiger partial charge in [0.1, 0.15) is 0 Å². The molecule has 0 aromatic heterocycles. The Balaban J connectivity index is 0.00000108. The fourth-order valence-corrected chi connectivity index (χ4v) is 3.07. The van der Waals surface area contributed by atoms with Crippen LogP contribution in [-0.2, 0) is 4.79 Å². The molecule has 0 aliphatic carbocycles. The van der Waals surface area contributed by atoms with Crippen LogP contribution in [0.3, 0.4) is 0 Å². The molecule has 3 rings (SSSR count). The van der Waals surface area contributed by atoms with Crippen molar-refractivity contribution >= 4 is 18.3 Å². The molecule has 2 N–H and O–H groups in total. The summed E-state index contributed by atoms with van der Waals surface area (Å²) in [7, 11) is 0. The normalized spacial score (nSPS) is 31.3. The Kier molecular flexibility index (Phi) is 3.40. The first kappa shape index (κ1) is 12.4. The maximum absolute atomic E-state index is 12.0. The second kappa shape index (κ2) is 4.67. The van der Waals surface area contributed by atoms with E-state index in [1.54, 1.807) is 0 Å². The summed E-state index contributed by atoms with van der Waals surface area (Å²) in [5, 5.41) is 6.35. The minimum absolute atomic E-state index is 0. The molecule has 2 atom stereocenters. The monoisotopic (exact) mass is 252 g/mol. The molecule has 1 amide bonds. The number of carbonyl (C=O) groups excluding carboxylic acids is 1. The van der Waals surface area contributed by atoms with Gasteiger partial charge in [-0.05, 0) is 12.0 Å². The number of halogens is 1. The Morgan fingerprint density at radius 2 is 2.00 bits per heavy atom. The highest BCUT2D eigenvalue weighted by Gasteiger charge is 2.51. The third-order valence-electron chi connectivity index (χ3n) is 3.97. The molecule has 1 aromatic rings. The second-order valence-corrected chi connectivity index (χ2v) is 4.76. The average Bonchev–Trinajstić information content (AvgIpc) is 2.90. The largest absolute Gasteiger partial charge is 0.356 e. The van der Waals surface area contributed by atoms with E-state index in [0.717, 1.165) is 26.1 Å². The summed E-state index contributed by atoms with van der Waals surface area (Å²) in [5.41, 5.74) is 1.09. The number of hydrogen-bond donors (Lipinski definition) is 2. The minimum Gasteiger partial charge on any atom is -0.356 e. The van der Waals surface area contributed by atoms with Gasteiger partial charge in [0.25, 0.3) is 0 Å². The quantitative estimate of drug-likeness (QED) is 0.791. The van der Waals surface area contributed by atoms with Crippen LogP contribution in [0, 0.1) is 5.41 Å². The lowest BCUT2D eigenvalue weighted by Gasteiger charge is -2.27. The number of benzene rings is 1. The van der Waals surface area contributed by atoms with Crippen molar-refractivity contribution in [2.24, 2.45) is 5.41 Å². The van der Waals surface area contributed by atoms with Crippen molar-refractivity contribution in [3.63, 3.8) is 0 Å². The summed E-state index contributed by atoms with van der Waals surface area (Å²) in [5.74, 6) is 0.558. The molecule has 4 heteroatoms. The Hall–Kier alpha value is -1.06. The Labute approximate surface area is 107 Å². The van der Waals surface area contributed by atoms with Crippen molar-refractivity contribution in [1.82, 2.24) is 10.6 Å². The number of amides is 1. The maximum atomic E-state index is 12.0. The molecule has 0 radical (unpaired) electrons. The number of nitrogens with one attached hydrogen (secondary N) is 2. The average molecular weight is 253 g/mol. The van der Waals surface area contributed by atoms with E-state index >= 15 is 0 Å². The van der Waals surface area contributed by atoms with Gasteiger partial charge in [0.15, 0.2) is 0 Å². The lowest BCUT2D eigenvalue weighted by molar-refractivity contribution is -0.127. The summed E-state index contributed by atoms with van der Waals surface area (Å²) in [6.07, 6.45) is 0.957. The Morgan fingerprint density at radius 3 is 2.65 bits per heavy atom. The predicted octanol–water partition coefficient (Wildman–Crippen LogP) is 1.30. The number of hydrogen-bond acceptors (Lipinski definition) is 2. The van der Waals surface area contributed by atoms with Gasteiger partial charge in [-0.2, -0.15) is 0 Å². The van der Waals surface area contributed by atoms with Crippen LogP contribution in [0.5, 0.6) is 0 Å². The third kappa shape index (κ3) is 1.83. The Morgan fingerprint density at radius 1 is 1.24 bits per heavy atom. The van der Waals surface area contributed by atoms with Crippen LogP contribution in [0.1, 0.15) is 17.9 Å². The molecule has 0 unspecified atom stereocenters. The van der Waals surface area contributed by atoms with Crippen LogP contribution in [0.15, 0.2) is 30.3 Å². The number of rotatable bonds is 1. The third-order valence-corrected chi connectivity index (χ3v) is 3.97. The molecule has 2 aliphatic rings. The van der Waals surface area contributed by atoms with Crippen LogP contribution < -0.4 is 10.6 Å². The zero-order valence-electron chi connectivity index (χ0n) is 9.61. The van der Waals surface area contributed by atoms with Crippen LogP contribution in [0.2, 0.25) is 0 Å². The van der Waals surface area contributed by atoms with Crippen LogP contribution in [0.25, 0.3) is 0 Å². The molecule has 0 saturated carbocycles. The predicted molar refractivity (Wildman–Crippen MR) is 69.4 cm³/mol. The summed E-state index contributed by atoms with van der Waals surface area (Å²) in [4.78, 5) is 12.0. The van der Waals surface area contributed by atoms with Crippen molar-refractivity contribution in [3.8, 4) is 0 Å². The number of carbonyl (C=O) groups is 1. The van der Waals surface area contributed by atoms with Crippen molar-refractivity contribution in [1.29, 1.82) is 0 Å². The van der Waals surface area contributed by atoms with E-state index < -0.39 is 0 Å². The molecule has 2 saturated heterocycles. The molecule has 2 heterocycles. The molecule has 2 fully saturated rings. The molecule has 0 bridgehead atoms. The van der Waals surface area contributed by atoms with Crippen molar-refractivity contribution in [2.75, 3.05) is 19.6 Å². The summed E-state index contributed by atoms with van der Waals surface area (Å²) >= 11 is 0. The van der Waals surface area contributed by atoms with E-state index in [4.69, 9.17) is 0 Å². The van der Waals surface area contributed by atoms with E-state index in [9.17, 15) is 4.79 Å². The Bertz CT molecular complexity index is 405. The van der Waals surface area contributed by atoms with Crippen LogP contribution in [-0.4, -0.2) is 25.5 Å². The van der Waals surface area contributed by atoms with Crippen molar-refractivity contribution < 1.29 is 4.79 Å². The van der Waals surface area contributed by atoms with Gasteiger partial charge in [0, 0.05) is 25.6 Å². The van der Waals surface area contributed by atoms with Gasteiger partial charge in [-0.1, -0.05) is 30.3 Å². The first-order valence-corrected chi connectivity index (χ1v) is 5.87. The fraction of sp³-hybridized carbons (Fsp3) is 0.462. The first-order chi connectivity index (χ1) is 7.83. The molecule has 2 aliphatic heterocycles. The van der Waals surface area contributed by atoms with E-state index in [-0.39, 0.29) is 23.7 Å². The molecule has 3 nitrogen and oxygen atoms in total. The van der Waals surface area contributed by atoms with E-state index in [0.29, 0.717) is 5.92 Å². The molecule has 17 heavy (non-hydrogen) atoms. The topological polar surface area (TPSA) is 41.1 Å². The first-order valence-electron chi connectivity index (χ1n) is 5.87. The van der Waals surface area contributed by atoms with Crippen molar-refractivity contribution in [3.05, 3.63) is 35.9 Å². The summed E-state index contributed by atoms with van der Waals surface area (Å²) in [6, 6.07) is 10.4. The maximum Gasteiger partial charge on any atom is 0.228 e. The lowest BCUT2D eigenvalue weighted by atomic mass is 9.73. The molecular formula is C13H17ClN2O. The highest BCUT2D eigenvalue weighted by molar-refractivity contribution is 5.86. The van der Waals surface area contributed by atoms with E-state index in [1.165, 1.54) is 5.56 Å². The van der Waals surface area contributed by atoms with E-state index in [1.807, 2.05) is 18.2 Å². The minimum atomic E-state index is -0.193. The highest BCUT2D eigenvalue weighted by Crippen LogP contribution is 2.44. The van der Waals surface area contributed by atoms with Gasteiger partial charge in [-0.25, -0.2) is 0 Å². The summed E-state index contributed by atoms with van der Waals surface area (Å²) in [6.45, 7) is 2.56. The zero-order chi connectivity index (χ0) is 11.0. The van der Waals surface area contributed by atoms with Gasteiger partial charge in [-0.15, -0.1) is 12.4 Å².